The Labute approximate surface area is 99.3 Å². The molecule has 0 aliphatic heterocycles. The van der Waals surface area contributed by atoms with Gasteiger partial charge in [-0.25, -0.2) is 0 Å². The van der Waals surface area contributed by atoms with Crippen LogP contribution in [-0.2, 0) is 0 Å². The van der Waals surface area contributed by atoms with Gasteiger partial charge < -0.3 is 5.32 Å². The minimum atomic E-state index is 0.482. The molecule has 1 aliphatic rings. The highest BCUT2D eigenvalue weighted by Gasteiger charge is 2.41. The van der Waals surface area contributed by atoms with Gasteiger partial charge in [0, 0.05) is 12.6 Å². The third-order valence-electron chi connectivity index (χ3n) is 3.82. The smallest absolute Gasteiger partial charge is 0.0292 e. The maximum atomic E-state index is 3.69. The van der Waals surface area contributed by atoms with E-state index < -0.39 is 0 Å². The summed E-state index contributed by atoms with van der Waals surface area (Å²) in [7, 11) is 0. The summed E-state index contributed by atoms with van der Waals surface area (Å²) in [5.74, 6) is 0. The second-order valence-electron chi connectivity index (χ2n) is 5.26. The largest absolute Gasteiger partial charge is 0.310 e. The summed E-state index contributed by atoms with van der Waals surface area (Å²) in [4.78, 5) is 0. The molecule has 1 unspecified atom stereocenters. The SMILES string of the molecule is CCCC1(CNC(C)c2ccccc2)CC1. The topological polar surface area (TPSA) is 12.0 Å². The standard InChI is InChI=1S/C15H23N/c1-3-9-15(10-11-15)12-16-13(2)14-7-5-4-6-8-14/h4-8,13,16H,3,9-12H2,1-2H3. The molecular formula is C15H23N. The Morgan fingerprint density at radius 2 is 1.94 bits per heavy atom. The molecule has 1 aromatic rings. The minimum Gasteiger partial charge on any atom is -0.310 e. The van der Waals surface area contributed by atoms with Crippen molar-refractivity contribution in [3.63, 3.8) is 0 Å². The Morgan fingerprint density at radius 3 is 2.50 bits per heavy atom. The normalized spacial score (nSPS) is 19.4. The van der Waals surface area contributed by atoms with E-state index in [1.807, 2.05) is 0 Å². The molecule has 1 fully saturated rings. The molecule has 0 aromatic heterocycles. The van der Waals surface area contributed by atoms with Gasteiger partial charge in [0.15, 0.2) is 0 Å². The van der Waals surface area contributed by atoms with Crippen LogP contribution in [-0.4, -0.2) is 6.54 Å². The summed E-state index contributed by atoms with van der Waals surface area (Å²) in [6, 6.07) is 11.2. The van der Waals surface area contributed by atoms with E-state index in [0.29, 0.717) is 11.5 Å². The summed E-state index contributed by atoms with van der Waals surface area (Å²) in [5, 5.41) is 3.69. The number of rotatable bonds is 6. The Morgan fingerprint density at radius 1 is 1.25 bits per heavy atom. The first kappa shape index (κ1) is 11.7. The second-order valence-corrected chi connectivity index (χ2v) is 5.26. The average molecular weight is 217 g/mol. The third kappa shape index (κ3) is 2.85. The zero-order valence-electron chi connectivity index (χ0n) is 10.5. The quantitative estimate of drug-likeness (QED) is 0.761. The van der Waals surface area contributed by atoms with Crippen LogP contribution in [0.1, 0.15) is 51.1 Å². The summed E-state index contributed by atoms with van der Waals surface area (Å²) >= 11 is 0. The second kappa shape index (κ2) is 5.01. The predicted molar refractivity (Wildman–Crippen MR) is 69.4 cm³/mol. The average Bonchev–Trinajstić information content (AvgIpc) is 3.08. The van der Waals surface area contributed by atoms with Crippen molar-refractivity contribution in [1.29, 1.82) is 0 Å². The van der Waals surface area contributed by atoms with E-state index in [1.165, 1.54) is 37.8 Å². The van der Waals surface area contributed by atoms with E-state index in [1.54, 1.807) is 0 Å². The maximum Gasteiger partial charge on any atom is 0.0292 e. The van der Waals surface area contributed by atoms with E-state index in [2.05, 4.69) is 49.5 Å². The Balaban J connectivity index is 1.82. The lowest BCUT2D eigenvalue weighted by Crippen LogP contribution is -2.26. The molecule has 0 bridgehead atoms. The molecule has 1 aliphatic carbocycles. The van der Waals surface area contributed by atoms with Gasteiger partial charge in [-0.3, -0.25) is 0 Å². The summed E-state index contributed by atoms with van der Waals surface area (Å²) < 4.78 is 0. The highest BCUT2D eigenvalue weighted by molar-refractivity contribution is 5.18. The van der Waals surface area contributed by atoms with Crippen molar-refractivity contribution in [1.82, 2.24) is 5.32 Å². The Hall–Kier alpha value is -0.820. The van der Waals surface area contributed by atoms with Gasteiger partial charge in [-0.05, 0) is 37.2 Å². The molecule has 0 radical (unpaired) electrons. The van der Waals surface area contributed by atoms with Gasteiger partial charge in [-0.1, -0.05) is 43.7 Å². The third-order valence-corrected chi connectivity index (χ3v) is 3.82. The van der Waals surface area contributed by atoms with Gasteiger partial charge in [0.25, 0.3) is 0 Å². The highest BCUT2D eigenvalue weighted by atomic mass is 14.9. The van der Waals surface area contributed by atoms with Gasteiger partial charge in [0.05, 0.1) is 0 Å². The molecule has 1 saturated carbocycles. The summed E-state index contributed by atoms with van der Waals surface area (Å²) in [5.41, 5.74) is 2.05. The van der Waals surface area contributed by atoms with Crippen LogP contribution >= 0.6 is 0 Å². The molecule has 16 heavy (non-hydrogen) atoms. The lowest BCUT2D eigenvalue weighted by atomic mass is 9.99. The van der Waals surface area contributed by atoms with Gasteiger partial charge in [-0.2, -0.15) is 0 Å². The van der Waals surface area contributed by atoms with Gasteiger partial charge in [-0.15, -0.1) is 0 Å². The van der Waals surface area contributed by atoms with Crippen LogP contribution in [0.5, 0.6) is 0 Å². The van der Waals surface area contributed by atoms with Crippen molar-refractivity contribution >= 4 is 0 Å². The number of benzene rings is 1. The molecular weight excluding hydrogens is 194 g/mol. The molecule has 1 atom stereocenters. The first-order valence-electron chi connectivity index (χ1n) is 6.54. The molecule has 88 valence electrons. The van der Waals surface area contributed by atoms with Crippen molar-refractivity contribution in [3.05, 3.63) is 35.9 Å². The van der Waals surface area contributed by atoms with E-state index in [0.717, 1.165) is 0 Å². The summed E-state index contributed by atoms with van der Waals surface area (Å²) in [6.45, 7) is 5.74. The zero-order chi connectivity index (χ0) is 11.4. The zero-order valence-corrected chi connectivity index (χ0v) is 10.5. The summed E-state index contributed by atoms with van der Waals surface area (Å²) in [6.07, 6.45) is 5.56. The van der Waals surface area contributed by atoms with Gasteiger partial charge >= 0.3 is 0 Å². The molecule has 0 spiro atoms. The van der Waals surface area contributed by atoms with Crippen LogP contribution < -0.4 is 5.32 Å². The van der Waals surface area contributed by atoms with Crippen molar-refractivity contribution in [2.75, 3.05) is 6.54 Å². The number of nitrogens with one attached hydrogen (secondary N) is 1. The van der Waals surface area contributed by atoms with Crippen LogP contribution in [0.25, 0.3) is 0 Å². The lowest BCUT2D eigenvalue weighted by molar-refractivity contribution is 0.397. The maximum absolute atomic E-state index is 3.69. The number of hydrogen-bond acceptors (Lipinski definition) is 1. The fourth-order valence-electron chi connectivity index (χ4n) is 2.45. The molecule has 0 amide bonds. The Kier molecular flexibility index (Phi) is 3.65. The van der Waals surface area contributed by atoms with Crippen molar-refractivity contribution in [2.45, 2.75) is 45.6 Å². The highest BCUT2D eigenvalue weighted by Crippen LogP contribution is 2.49. The van der Waals surface area contributed by atoms with Gasteiger partial charge in [0.1, 0.15) is 0 Å². The molecule has 1 aromatic carbocycles. The van der Waals surface area contributed by atoms with E-state index in [-0.39, 0.29) is 0 Å². The van der Waals surface area contributed by atoms with Crippen LogP contribution in [0.2, 0.25) is 0 Å². The van der Waals surface area contributed by atoms with Crippen LogP contribution in [0.3, 0.4) is 0 Å². The molecule has 2 rings (SSSR count). The Bertz CT molecular complexity index is 313. The number of hydrogen-bond donors (Lipinski definition) is 1. The van der Waals surface area contributed by atoms with Crippen molar-refractivity contribution in [2.24, 2.45) is 5.41 Å². The van der Waals surface area contributed by atoms with E-state index in [4.69, 9.17) is 0 Å². The molecule has 0 saturated heterocycles. The van der Waals surface area contributed by atoms with Crippen LogP contribution in [0.4, 0.5) is 0 Å². The molecule has 1 heteroatoms. The van der Waals surface area contributed by atoms with E-state index in [9.17, 15) is 0 Å². The van der Waals surface area contributed by atoms with Crippen LogP contribution in [0.15, 0.2) is 30.3 Å². The monoisotopic (exact) mass is 217 g/mol. The van der Waals surface area contributed by atoms with Gasteiger partial charge in [0.2, 0.25) is 0 Å². The van der Waals surface area contributed by atoms with Crippen LogP contribution in [0, 0.1) is 5.41 Å². The fraction of sp³-hybridized carbons (Fsp3) is 0.600. The molecule has 1 N–H and O–H groups in total. The first-order valence-corrected chi connectivity index (χ1v) is 6.54. The van der Waals surface area contributed by atoms with Crippen molar-refractivity contribution < 1.29 is 0 Å². The molecule has 1 nitrogen and oxygen atoms in total. The first-order chi connectivity index (χ1) is 7.76. The fourth-order valence-corrected chi connectivity index (χ4v) is 2.45. The predicted octanol–water partition coefficient (Wildman–Crippen LogP) is 3.92. The van der Waals surface area contributed by atoms with Crippen molar-refractivity contribution in [3.8, 4) is 0 Å². The van der Waals surface area contributed by atoms with E-state index >= 15 is 0 Å². The minimum absolute atomic E-state index is 0.482. The molecule has 0 heterocycles. The lowest BCUT2D eigenvalue weighted by Gasteiger charge is -2.20.